The smallest absolute Gasteiger partial charge is 0.221 e. The van der Waals surface area contributed by atoms with Crippen molar-refractivity contribution in [1.29, 1.82) is 0 Å². The minimum Gasteiger partial charge on any atom is -0.379 e. The van der Waals surface area contributed by atoms with Gasteiger partial charge in [0.1, 0.15) is 0 Å². The number of amides is 1. The van der Waals surface area contributed by atoms with Gasteiger partial charge in [-0.25, -0.2) is 4.68 Å². The number of rotatable bonds is 8. The van der Waals surface area contributed by atoms with Crippen LogP contribution in [0.25, 0.3) is 0 Å². The first-order valence-corrected chi connectivity index (χ1v) is 10.9. The molecule has 10 heteroatoms. The Hall–Kier alpha value is -1.62. The average molecular weight is 408 g/mol. The summed E-state index contributed by atoms with van der Waals surface area (Å²) in [4.78, 5) is 17.4. The van der Waals surface area contributed by atoms with Crippen molar-refractivity contribution in [3.63, 3.8) is 0 Å². The van der Waals surface area contributed by atoms with Gasteiger partial charge in [0.05, 0.1) is 39.5 Å². The molecule has 0 unspecified atom stereocenters. The molecule has 2 saturated heterocycles. The molecule has 4 rings (SSSR count). The van der Waals surface area contributed by atoms with Gasteiger partial charge in [0.2, 0.25) is 5.91 Å². The number of nitrogens with one attached hydrogen (secondary N) is 1. The SMILES string of the molecule is O=C(CCn1nnnc1CN1CCOCC1)NCC1(N2CCOCC2)CCCC1. The van der Waals surface area contributed by atoms with Gasteiger partial charge in [-0.05, 0) is 23.3 Å². The number of aryl methyl sites for hydroxylation is 1. The summed E-state index contributed by atoms with van der Waals surface area (Å²) in [5.74, 6) is 0.873. The van der Waals surface area contributed by atoms with Gasteiger partial charge in [0.25, 0.3) is 0 Å². The van der Waals surface area contributed by atoms with E-state index in [1.165, 1.54) is 12.8 Å². The van der Waals surface area contributed by atoms with E-state index in [1.54, 1.807) is 4.68 Å². The highest BCUT2D eigenvalue weighted by Crippen LogP contribution is 2.35. The van der Waals surface area contributed by atoms with E-state index < -0.39 is 0 Å². The van der Waals surface area contributed by atoms with E-state index in [0.29, 0.717) is 19.5 Å². The zero-order valence-electron chi connectivity index (χ0n) is 17.2. The Labute approximate surface area is 171 Å². The fraction of sp³-hybridized carbons (Fsp3) is 0.895. The predicted octanol–water partition coefficient (Wildman–Crippen LogP) is -0.343. The second-order valence-corrected chi connectivity index (χ2v) is 8.26. The lowest BCUT2D eigenvalue weighted by molar-refractivity contribution is -0.122. The van der Waals surface area contributed by atoms with Crippen LogP contribution in [0.3, 0.4) is 0 Å². The summed E-state index contributed by atoms with van der Waals surface area (Å²) in [6, 6.07) is 0. The van der Waals surface area contributed by atoms with Crippen LogP contribution in [-0.2, 0) is 27.4 Å². The Morgan fingerprint density at radius 1 is 1.03 bits per heavy atom. The molecule has 3 aliphatic rings. The largest absolute Gasteiger partial charge is 0.379 e. The lowest BCUT2D eigenvalue weighted by atomic mass is 9.94. The molecule has 0 radical (unpaired) electrons. The first kappa shape index (κ1) is 20.6. The molecule has 162 valence electrons. The molecule has 2 aliphatic heterocycles. The summed E-state index contributed by atoms with van der Waals surface area (Å²) in [6.07, 6.45) is 5.18. The highest BCUT2D eigenvalue weighted by Gasteiger charge is 2.40. The van der Waals surface area contributed by atoms with Crippen molar-refractivity contribution in [2.45, 2.75) is 50.7 Å². The predicted molar refractivity (Wildman–Crippen MR) is 105 cm³/mol. The Morgan fingerprint density at radius 2 is 1.72 bits per heavy atom. The Bertz CT molecular complexity index is 650. The molecule has 0 spiro atoms. The van der Waals surface area contributed by atoms with Crippen molar-refractivity contribution in [2.75, 3.05) is 59.2 Å². The van der Waals surface area contributed by atoms with Gasteiger partial charge < -0.3 is 14.8 Å². The van der Waals surface area contributed by atoms with E-state index in [-0.39, 0.29) is 11.4 Å². The Morgan fingerprint density at radius 3 is 2.45 bits per heavy atom. The van der Waals surface area contributed by atoms with Crippen LogP contribution in [0.5, 0.6) is 0 Å². The summed E-state index contributed by atoms with van der Waals surface area (Å²) in [5.41, 5.74) is 0.107. The minimum atomic E-state index is 0.0670. The van der Waals surface area contributed by atoms with Crippen molar-refractivity contribution in [3.05, 3.63) is 5.82 Å². The van der Waals surface area contributed by atoms with Crippen LogP contribution in [0.1, 0.15) is 37.9 Å². The summed E-state index contributed by atoms with van der Waals surface area (Å²) in [5, 5.41) is 15.2. The third-order valence-corrected chi connectivity index (χ3v) is 6.46. The molecule has 1 saturated carbocycles. The molecule has 1 aliphatic carbocycles. The fourth-order valence-electron chi connectivity index (χ4n) is 4.70. The van der Waals surface area contributed by atoms with Crippen molar-refractivity contribution < 1.29 is 14.3 Å². The standard InChI is InChI=1S/C19H33N7O3/c27-18(20-16-19(4-1-2-5-19)25-9-13-29-14-10-25)3-6-26-17(21-22-23-26)15-24-7-11-28-12-8-24/h1-16H2,(H,20,27). The third-order valence-electron chi connectivity index (χ3n) is 6.46. The number of carbonyl (C=O) groups is 1. The van der Waals surface area contributed by atoms with Crippen molar-refractivity contribution >= 4 is 5.91 Å². The summed E-state index contributed by atoms with van der Waals surface area (Å²) < 4.78 is 12.7. The number of carbonyl (C=O) groups excluding carboxylic acids is 1. The van der Waals surface area contributed by atoms with E-state index >= 15 is 0 Å². The average Bonchev–Trinajstić information content (AvgIpc) is 3.42. The van der Waals surface area contributed by atoms with Crippen molar-refractivity contribution in [2.24, 2.45) is 0 Å². The number of hydrogen-bond acceptors (Lipinski definition) is 8. The number of hydrogen-bond donors (Lipinski definition) is 1. The number of tetrazole rings is 1. The molecule has 1 aromatic heterocycles. The van der Waals surface area contributed by atoms with Gasteiger partial charge in [0, 0.05) is 44.7 Å². The second-order valence-electron chi connectivity index (χ2n) is 8.26. The molecule has 1 N–H and O–H groups in total. The molecule has 1 aromatic rings. The van der Waals surface area contributed by atoms with Crippen LogP contribution < -0.4 is 5.32 Å². The van der Waals surface area contributed by atoms with Crippen molar-refractivity contribution in [3.8, 4) is 0 Å². The number of morpholine rings is 2. The van der Waals surface area contributed by atoms with E-state index in [1.807, 2.05) is 0 Å². The Balaban J connectivity index is 1.25. The molecular weight excluding hydrogens is 374 g/mol. The maximum absolute atomic E-state index is 12.6. The van der Waals surface area contributed by atoms with Crippen LogP contribution in [0.4, 0.5) is 0 Å². The van der Waals surface area contributed by atoms with Gasteiger partial charge in [-0.2, -0.15) is 0 Å². The van der Waals surface area contributed by atoms with Gasteiger partial charge in [-0.1, -0.05) is 12.8 Å². The first-order valence-electron chi connectivity index (χ1n) is 10.9. The maximum atomic E-state index is 12.6. The number of nitrogens with zero attached hydrogens (tertiary/aromatic N) is 6. The topological polar surface area (TPSA) is 97.6 Å². The molecular formula is C19H33N7O3. The molecule has 3 fully saturated rings. The van der Waals surface area contributed by atoms with Gasteiger partial charge in [-0.3, -0.25) is 14.6 Å². The van der Waals surface area contributed by atoms with Gasteiger partial charge in [0.15, 0.2) is 5.82 Å². The highest BCUT2D eigenvalue weighted by atomic mass is 16.5. The van der Waals surface area contributed by atoms with Crippen molar-refractivity contribution in [1.82, 2.24) is 35.3 Å². The molecule has 3 heterocycles. The number of ether oxygens (including phenoxy) is 2. The highest BCUT2D eigenvalue weighted by molar-refractivity contribution is 5.75. The monoisotopic (exact) mass is 407 g/mol. The molecule has 0 bridgehead atoms. The number of aromatic nitrogens is 4. The normalized spacial score (nSPS) is 23.3. The molecule has 29 heavy (non-hydrogen) atoms. The minimum absolute atomic E-state index is 0.0670. The van der Waals surface area contributed by atoms with E-state index in [4.69, 9.17) is 9.47 Å². The second kappa shape index (κ2) is 9.92. The molecule has 0 aromatic carbocycles. The van der Waals surface area contributed by atoms with E-state index in [2.05, 4.69) is 30.6 Å². The third kappa shape index (κ3) is 5.30. The first-order chi connectivity index (χ1) is 14.3. The van der Waals surface area contributed by atoms with Crippen LogP contribution in [0.15, 0.2) is 0 Å². The van der Waals surface area contributed by atoms with Crippen LogP contribution >= 0.6 is 0 Å². The van der Waals surface area contributed by atoms with E-state index in [0.717, 1.165) is 77.8 Å². The van der Waals surface area contributed by atoms with Crippen LogP contribution in [-0.4, -0.2) is 101 Å². The molecule has 1 amide bonds. The fourth-order valence-corrected chi connectivity index (χ4v) is 4.70. The van der Waals surface area contributed by atoms with Gasteiger partial charge >= 0.3 is 0 Å². The van der Waals surface area contributed by atoms with Gasteiger partial charge in [-0.15, -0.1) is 5.10 Å². The summed E-state index contributed by atoms with van der Waals surface area (Å²) >= 11 is 0. The summed E-state index contributed by atoms with van der Waals surface area (Å²) in [7, 11) is 0. The van der Waals surface area contributed by atoms with Crippen LogP contribution in [0.2, 0.25) is 0 Å². The Kier molecular flexibility index (Phi) is 7.06. The maximum Gasteiger partial charge on any atom is 0.221 e. The lowest BCUT2D eigenvalue weighted by Crippen LogP contribution is -2.57. The molecule has 0 atom stereocenters. The van der Waals surface area contributed by atoms with E-state index in [9.17, 15) is 4.79 Å². The molecule has 10 nitrogen and oxygen atoms in total. The van der Waals surface area contributed by atoms with Crippen LogP contribution in [0, 0.1) is 0 Å². The summed E-state index contributed by atoms with van der Waals surface area (Å²) in [6.45, 7) is 8.69. The zero-order chi connectivity index (χ0) is 19.9. The quantitative estimate of drug-likeness (QED) is 0.625. The zero-order valence-corrected chi connectivity index (χ0v) is 17.2. The lowest BCUT2D eigenvalue weighted by Gasteiger charge is -2.43.